The molecule has 0 aromatic rings. The first kappa shape index (κ1) is 11.7. The maximum Gasteiger partial charge on any atom is 0.320 e. The van der Waals surface area contributed by atoms with Crippen LogP contribution in [0.3, 0.4) is 0 Å². The molecule has 1 aliphatic heterocycles. The van der Waals surface area contributed by atoms with Gasteiger partial charge in [-0.05, 0) is 33.1 Å². The number of rotatable bonds is 2. The number of carbonyl (C=O) groups is 1. The van der Waals surface area contributed by atoms with Gasteiger partial charge in [0.15, 0.2) is 0 Å². The number of hydrogen-bond donors (Lipinski definition) is 0. The van der Waals surface area contributed by atoms with E-state index in [2.05, 4.69) is 18.7 Å². The number of hydrogen-bond acceptors (Lipinski definition) is 2. The summed E-state index contributed by atoms with van der Waals surface area (Å²) in [5.41, 5.74) is 0. The third-order valence-corrected chi connectivity index (χ3v) is 3.53. The van der Waals surface area contributed by atoms with E-state index in [1.165, 1.54) is 19.3 Å². The molecule has 1 aliphatic carbocycles. The number of nitrogens with zero attached hydrogens (tertiary/aromatic N) is 2. The molecule has 0 aromatic carbocycles. The Morgan fingerprint density at radius 3 is 2.38 bits per heavy atom. The van der Waals surface area contributed by atoms with Gasteiger partial charge in [0.1, 0.15) is 0 Å². The van der Waals surface area contributed by atoms with Gasteiger partial charge in [-0.1, -0.05) is 0 Å². The molecule has 0 unspecified atom stereocenters. The Bertz CT molecular complexity index is 245. The summed E-state index contributed by atoms with van der Waals surface area (Å²) < 4.78 is 5.28. The van der Waals surface area contributed by atoms with Crippen molar-refractivity contribution in [3.8, 4) is 0 Å². The molecule has 2 aliphatic rings. The van der Waals surface area contributed by atoms with Gasteiger partial charge >= 0.3 is 6.03 Å². The van der Waals surface area contributed by atoms with Crippen molar-refractivity contribution in [1.82, 2.24) is 9.80 Å². The van der Waals surface area contributed by atoms with Crippen LogP contribution in [0.2, 0.25) is 0 Å². The van der Waals surface area contributed by atoms with E-state index in [0.29, 0.717) is 25.3 Å². The first-order chi connectivity index (χ1) is 7.70. The largest absolute Gasteiger partial charge is 0.378 e. The highest BCUT2D eigenvalue weighted by molar-refractivity contribution is 5.75. The van der Waals surface area contributed by atoms with Crippen LogP contribution in [0.1, 0.15) is 33.1 Å². The van der Waals surface area contributed by atoms with Crippen molar-refractivity contribution in [1.29, 1.82) is 0 Å². The van der Waals surface area contributed by atoms with Crippen molar-refractivity contribution in [3.05, 3.63) is 0 Å². The van der Waals surface area contributed by atoms with Gasteiger partial charge in [0.25, 0.3) is 0 Å². The molecule has 0 N–H and O–H groups in total. The van der Waals surface area contributed by atoms with Gasteiger partial charge in [-0.2, -0.15) is 0 Å². The molecular formula is C12H22N2O2. The molecule has 2 fully saturated rings. The van der Waals surface area contributed by atoms with E-state index in [0.717, 1.165) is 13.1 Å². The molecule has 2 rings (SSSR count). The smallest absolute Gasteiger partial charge is 0.320 e. The Hall–Kier alpha value is -0.770. The average molecular weight is 226 g/mol. The lowest BCUT2D eigenvalue weighted by molar-refractivity contribution is 0.0281. The Kier molecular flexibility index (Phi) is 3.69. The fourth-order valence-corrected chi connectivity index (χ4v) is 2.38. The van der Waals surface area contributed by atoms with Gasteiger partial charge in [-0.3, -0.25) is 0 Å². The number of carbonyl (C=O) groups excluding carboxylic acids is 1. The predicted molar refractivity (Wildman–Crippen MR) is 62.4 cm³/mol. The van der Waals surface area contributed by atoms with E-state index >= 15 is 0 Å². The third-order valence-electron chi connectivity index (χ3n) is 3.53. The van der Waals surface area contributed by atoms with Crippen LogP contribution in [-0.4, -0.2) is 54.2 Å². The second-order valence-electron chi connectivity index (χ2n) is 4.97. The molecule has 2 amide bonds. The minimum absolute atomic E-state index is 0.211. The zero-order chi connectivity index (χ0) is 11.5. The third kappa shape index (κ3) is 2.32. The summed E-state index contributed by atoms with van der Waals surface area (Å²) in [6, 6.07) is 0.999. The summed E-state index contributed by atoms with van der Waals surface area (Å²) in [4.78, 5) is 16.4. The number of urea groups is 1. The lowest BCUT2D eigenvalue weighted by atomic mass is 9.91. The van der Waals surface area contributed by atoms with E-state index < -0.39 is 0 Å². The van der Waals surface area contributed by atoms with Gasteiger partial charge in [-0.25, -0.2) is 4.79 Å². The maximum absolute atomic E-state index is 12.4. The zero-order valence-electron chi connectivity index (χ0n) is 10.3. The Labute approximate surface area is 97.5 Å². The molecule has 1 heterocycles. The SMILES string of the molecule is CC(C)N(C(=O)N1CCOCC1)C1CCC1. The average Bonchev–Trinajstić information content (AvgIpc) is 2.23. The molecule has 0 aromatic heterocycles. The summed E-state index contributed by atoms with van der Waals surface area (Å²) in [6.45, 7) is 7.07. The number of ether oxygens (including phenoxy) is 1. The van der Waals surface area contributed by atoms with Crippen LogP contribution in [0.15, 0.2) is 0 Å². The van der Waals surface area contributed by atoms with E-state index in [9.17, 15) is 4.79 Å². The molecule has 1 saturated carbocycles. The van der Waals surface area contributed by atoms with Crippen molar-refractivity contribution in [3.63, 3.8) is 0 Å². The summed E-state index contributed by atoms with van der Waals surface area (Å²) in [5, 5.41) is 0. The van der Waals surface area contributed by atoms with E-state index in [-0.39, 0.29) is 6.03 Å². The van der Waals surface area contributed by atoms with E-state index in [4.69, 9.17) is 4.74 Å². The van der Waals surface area contributed by atoms with Crippen molar-refractivity contribution in [2.24, 2.45) is 0 Å². The molecule has 0 radical (unpaired) electrons. The lowest BCUT2D eigenvalue weighted by Crippen LogP contribution is -2.55. The molecule has 92 valence electrons. The fourth-order valence-electron chi connectivity index (χ4n) is 2.38. The molecule has 0 bridgehead atoms. The Balaban J connectivity index is 1.97. The molecule has 4 heteroatoms. The molecule has 16 heavy (non-hydrogen) atoms. The predicted octanol–water partition coefficient (Wildman–Crippen LogP) is 1.70. The first-order valence-corrected chi connectivity index (χ1v) is 6.35. The van der Waals surface area contributed by atoms with Crippen LogP contribution in [0.5, 0.6) is 0 Å². The normalized spacial score (nSPS) is 22.1. The molecular weight excluding hydrogens is 204 g/mol. The summed E-state index contributed by atoms with van der Waals surface area (Å²) in [7, 11) is 0. The van der Waals surface area contributed by atoms with Gasteiger partial charge < -0.3 is 14.5 Å². The zero-order valence-corrected chi connectivity index (χ0v) is 10.3. The minimum Gasteiger partial charge on any atom is -0.378 e. The monoisotopic (exact) mass is 226 g/mol. The van der Waals surface area contributed by atoms with Crippen LogP contribution >= 0.6 is 0 Å². The number of amides is 2. The van der Waals surface area contributed by atoms with Crippen LogP contribution in [-0.2, 0) is 4.74 Å². The number of morpholine rings is 1. The van der Waals surface area contributed by atoms with Crippen LogP contribution in [0.4, 0.5) is 4.79 Å². The van der Waals surface area contributed by atoms with Gasteiger partial charge in [0.2, 0.25) is 0 Å². The highest BCUT2D eigenvalue weighted by Crippen LogP contribution is 2.27. The maximum atomic E-state index is 12.4. The van der Waals surface area contributed by atoms with Crippen LogP contribution in [0.25, 0.3) is 0 Å². The highest BCUT2D eigenvalue weighted by atomic mass is 16.5. The summed E-state index contributed by atoms with van der Waals surface area (Å²) in [5.74, 6) is 0. The van der Waals surface area contributed by atoms with Crippen LogP contribution < -0.4 is 0 Å². The Morgan fingerprint density at radius 2 is 1.94 bits per heavy atom. The lowest BCUT2D eigenvalue weighted by Gasteiger charge is -2.43. The van der Waals surface area contributed by atoms with Crippen LogP contribution in [0, 0.1) is 0 Å². The first-order valence-electron chi connectivity index (χ1n) is 6.35. The van der Waals surface area contributed by atoms with E-state index in [1.54, 1.807) is 0 Å². The van der Waals surface area contributed by atoms with E-state index in [1.807, 2.05) is 4.90 Å². The topological polar surface area (TPSA) is 32.8 Å². The summed E-state index contributed by atoms with van der Waals surface area (Å²) in [6.07, 6.45) is 3.62. The second kappa shape index (κ2) is 5.04. The minimum atomic E-state index is 0.211. The molecule has 0 atom stereocenters. The van der Waals surface area contributed by atoms with Crippen molar-refractivity contribution in [2.75, 3.05) is 26.3 Å². The molecule has 4 nitrogen and oxygen atoms in total. The molecule has 0 spiro atoms. The van der Waals surface area contributed by atoms with Crippen molar-refractivity contribution in [2.45, 2.75) is 45.2 Å². The summed E-state index contributed by atoms with van der Waals surface area (Å²) >= 11 is 0. The van der Waals surface area contributed by atoms with Gasteiger partial charge in [-0.15, -0.1) is 0 Å². The fraction of sp³-hybridized carbons (Fsp3) is 0.917. The standard InChI is InChI=1S/C12H22N2O2/c1-10(2)14(11-4-3-5-11)12(15)13-6-8-16-9-7-13/h10-11H,3-9H2,1-2H3. The second-order valence-corrected chi connectivity index (χ2v) is 4.97. The highest BCUT2D eigenvalue weighted by Gasteiger charge is 2.33. The molecule has 1 saturated heterocycles. The van der Waals surface area contributed by atoms with Gasteiger partial charge in [0, 0.05) is 25.2 Å². The van der Waals surface area contributed by atoms with Gasteiger partial charge in [0.05, 0.1) is 13.2 Å². The van der Waals surface area contributed by atoms with Crippen molar-refractivity contribution >= 4 is 6.03 Å². The Morgan fingerprint density at radius 1 is 1.31 bits per heavy atom. The quantitative estimate of drug-likeness (QED) is 0.718. The van der Waals surface area contributed by atoms with Crippen molar-refractivity contribution < 1.29 is 9.53 Å².